The van der Waals surface area contributed by atoms with Crippen molar-refractivity contribution in [2.24, 2.45) is 0 Å². The lowest BCUT2D eigenvalue weighted by atomic mass is 9.97. The van der Waals surface area contributed by atoms with Gasteiger partial charge in [0.1, 0.15) is 5.54 Å². The van der Waals surface area contributed by atoms with Crippen molar-refractivity contribution in [3.8, 4) is 0 Å². The van der Waals surface area contributed by atoms with Crippen molar-refractivity contribution in [2.75, 3.05) is 13.1 Å². The summed E-state index contributed by atoms with van der Waals surface area (Å²) >= 11 is 6.08. The number of nitrogens with one attached hydrogen (secondary N) is 1. The molecule has 20 heavy (non-hydrogen) atoms. The van der Waals surface area contributed by atoms with E-state index in [1.165, 1.54) is 0 Å². The van der Waals surface area contributed by atoms with Crippen molar-refractivity contribution in [2.45, 2.75) is 32.2 Å². The van der Waals surface area contributed by atoms with E-state index in [2.05, 4.69) is 5.32 Å². The largest absolute Gasteiger partial charge is 0.352 e. The zero-order chi connectivity index (χ0) is 14.8. The topological polar surface area (TPSA) is 49.4 Å². The van der Waals surface area contributed by atoms with Crippen LogP contribution in [0.2, 0.25) is 5.02 Å². The number of rotatable bonds is 3. The van der Waals surface area contributed by atoms with E-state index in [0.717, 1.165) is 5.56 Å². The monoisotopic (exact) mass is 294 g/mol. The van der Waals surface area contributed by atoms with Gasteiger partial charge in [-0.15, -0.1) is 0 Å². The van der Waals surface area contributed by atoms with Crippen LogP contribution in [-0.4, -0.2) is 35.3 Å². The molecular weight excluding hydrogens is 276 g/mol. The van der Waals surface area contributed by atoms with Gasteiger partial charge in [0.25, 0.3) is 0 Å². The first-order valence-electron chi connectivity index (χ1n) is 6.75. The number of amides is 2. The summed E-state index contributed by atoms with van der Waals surface area (Å²) in [6, 6.07) is 7.51. The van der Waals surface area contributed by atoms with Crippen LogP contribution >= 0.6 is 11.6 Å². The second-order valence-electron chi connectivity index (χ2n) is 5.45. The van der Waals surface area contributed by atoms with Crippen molar-refractivity contribution >= 4 is 23.4 Å². The van der Waals surface area contributed by atoms with Gasteiger partial charge in [0.05, 0.1) is 0 Å². The van der Waals surface area contributed by atoms with Gasteiger partial charge in [-0.05, 0) is 31.9 Å². The second-order valence-corrected chi connectivity index (χ2v) is 5.86. The summed E-state index contributed by atoms with van der Waals surface area (Å²) in [6.07, 6.45) is 0.952. The maximum Gasteiger partial charge on any atom is 0.245 e. The van der Waals surface area contributed by atoms with Crippen LogP contribution in [0.3, 0.4) is 0 Å². The molecule has 5 heteroatoms. The maximum absolute atomic E-state index is 12.3. The van der Waals surface area contributed by atoms with Crippen molar-refractivity contribution in [1.29, 1.82) is 0 Å². The van der Waals surface area contributed by atoms with E-state index in [-0.39, 0.29) is 11.8 Å². The lowest BCUT2D eigenvalue weighted by Gasteiger charge is -2.41. The van der Waals surface area contributed by atoms with Gasteiger partial charge in [0.2, 0.25) is 11.8 Å². The number of halogens is 1. The standard InChI is InChI=1S/C15H19ClN2O2/c1-15(2)14(20)17-9-10-18(15)13(19)8-7-11-5-3-4-6-12(11)16/h3-6H,7-10H2,1-2H3,(H,17,20). The fraction of sp³-hybridized carbons (Fsp3) is 0.467. The molecule has 1 aromatic carbocycles. The number of piperazine rings is 1. The fourth-order valence-corrected chi connectivity index (χ4v) is 2.64. The summed E-state index contributed by atoms with van der Waals surface area (Å²) in [5.41, 5.74) is 0.178. The minimum atomic E-state index is -0.782. The highest BCUT2D eigenvalue weighted by atomic mass is 35.5. The molecule has 1 aliphatic rings. The Balaban J connectivity index is 2.02. The van der Waals surface area contributed by atoms with Crippen LogP contribution in [-0.2, 0) is 16.0 Å². The van der Waals surface area contributed by atoms with Gasteiger partial charge < -0.3 is 10.2 Å². The predicted molar refractivity (Wildman–Crippen MR) is 78.6 cm³/mol. The number of hydrogen-bond donors (Lipinski definition) is 1. The Morgan fingerprint density at radius 1 is 1.40 bits per heavy atom. The van der Waals surface area contributed by atoms with Crippen LogP contribution in [0.25, 0.3) is 0 Å². The first-order chi connectivity index (χ1) is 9.43. The quantitative estimate of drug-likeness (QED) is 0.927. The van der Waals surface area contributed by atoms with Gasteiger partial charge in [-0.1, -0.05) is 29.8 Å². The van der Waals surface area contributed by atoms with Crippen molar-refractivity contribution < 1.29 is 9.59 Å². The zero-order valence-electron chi connectivity index (χ0n) is 11.8. The van der Waals surface area contributed by atoms with E-state index in [1.54, 1.807) is 18.7 Å². The van der Waals surface area contributed by atoms with Gasteiger partial charge >= 0.3 is 0 Å². The molecule has 2 amide bonds. The summed E-state index contributed by atoms with van der Waals surface area (Å²) in [7, 11) is 0. The van der Waals surface area contributed by atoms with Crippen LogP contribution in [0.5, 0.6) is 0 Å². The molecule has 0 aliphatic carbocycles. The van der Waals surface area contributed by atoms with E-state index in [4.69, 9.17) is 11.6 Å². The van der Waals surface area contributed by atoms with Crippen LogP contribution in [0.15, 0.2) is 24.3 Å². The summed E-state index contributed by atoms with van der Waals surface area (Å²) in [6.45, 7) is 4.62. The van der Waals surface area contributed by atoms with Crippen molar-refractivity contribution in [3.63, 3.8) is 0 Å². The molecule has 0 spiro atoms. The Bertz CT molecular complexity index is 528. The molecule has 108 valence electrons. The predicted octanol–water partition coefficient (Wildman–Crippen LogP) is 2.01. The average molecular weight is 295 g/mol. The lowest BCUT2D eigenvalue weighted by Crippen LogP contribution is -2.63. The molecule has 1 N–H and O–H groups in total. The van der Waals surface area contributed by atoms with E-state index in [1.807, 2.05) is 24.3 Å². The summed E-state index contributed by atoms with van der Waals surface area (Å²) in [5.74, 6) is -0.111. The first kappa shape index (κ1) is 14.9. The van der Waals surface area contributed by atoms with Crippen molar-refractivity contribution in [1.82, 2.24) is 10.2 Å². The summed E-state index contributed by atoms with van der Waals surface area (Å²) in [5, 5.41) is 3.46. The SMILES string of the molecule is CC1(C)C(=O)NCCN1C(=O)CCc1ccccc1Cl. The number of nitrogens with zero attached hydrogens (tertiary/aromatic N) is 1. The number of hydrogen-bond acceptors (Lipinski definition) is 2. The van der Waals surface area contributed by atoms with Crippen LogP contribution in [0.4, 0.5) is 0 Å². The minimum absolute atomic E-state index is 0.00947. The van der Waals surface area contributed by atoms with E-state index in [0.29, 0.717) is 31.0 Å². The van der Waals surface area contributed by atoms with Gasteiger partial charge in [0.15, 0.2) is 0 Å². The molecule has 0 aromatic heterocycles. The van der Waals surface area contributed by atoms with E-state index in [9.17, 15) is 9.59 Å². The molecule has 0 saturated carbocycles. The maximum atomic E-state index is 12.3. The third-order valence-corrected chi connectivity index (χ3v) is 4.09. The lowest BCUT2D eigenvalue weighted by molar-refractivity contribution is -0.149. The number of aryl methyl sites for hydroxylation is 1. The molecule has 4 nitrogen and oxygen atoms in total. The third kappa shape index (κ3) is 2.96. The fourth-order valence-electron chi connectivity index (χ4n) is 2.41. The van der Waals surface area contributed by atoms with Gasteiger partial charge in [-0.3, -0.25) is 9.59 Å². The minimum Gasteiger partial charge on any atom is -0.352 e. The molecular formula is C15H19ClN2O2. The highest BCUT2D eigenvalue weighted by Crippen LogP contribution is 2.21. The van der Waals surface area contributed by atoms with Crippen LogP contribution < -0.4 is 5.32 Å². The number of benzene rings is 1. The summed E-state index contributed by atoms with van der Waals surface area (Å²) in [4.78, 5) is 25.8. The molecule has 2 rings (SSSR count). The van der Waals surface area contributed by atoms with Gasteiger partial charge in [-0.2, -0.15) is 0 Å². The molecule has 1 saturated heterocycles. The molecule has 1 heterocycles. The molecule has 1 aliphatic heterocycles. The molecule has 0 radical (unpaired) electrons. The highest BCUT2D eigenvalue weighted by Gasteiger charge is 2.39. The van der Waals surface area contributed by atoms with Crippen LogP contribution in [0, 0.1) is 0 Å². The number of carbonyl (C=O) groups is 2. The van der Waals surface area contributed by atoms with Gasteiger partial charge in [-0.25, -0.2) is 0 Å². The summed E-state index contributed by atoms with van der Waals surface area (Å²) < 4.78 is 0. The molecule has 0 bridgehead atoms. The van der Waals surface area contributed by atoms with Gasteiger partial charge in [0, 0.05) is 24.5 Å². The van der Waals surface area contributed by atoms with E-state index < -0.39 is 5.54 Å². The third-order valence-electron chi connectivity index (χ3n) is 3.72. The Labute approximate surface area is 124 Å². The molecule has 0 unspecified atom stereocenters. The Morgan fingerprint density at radius 3 is 2.80 bits per heavy atom. The molecule has 0 atom stereocenters. The normalized spacial score (nSPS) is 17.8. The Kier molecular flexibility index (Phi) is 4.33. The Morgan fingerprint density at radius 2 is 2.10 bits per heavy atom. The van der Waals surface area contributed by atoms with Crippen molar-refractivity contribution in [3.05, 3.63) is 34.9 Å². The Hall–Kier alpha value is -1.55. The molecule has 1 aromatic rings. The van der Waals surface area contributed by atoms with Crippen LogP contribution in [0.1, 0.15) is 25.8 Å². The number of carbonyl (C=O) groups excluding carboxylic acids is 2. The van der Waals surface area contributed by atoms with E-state index >= 15 is 0 Å². The first-order valence-corrected chi connectivity index (χ1v) is 7.13. The molecule has 1 fully saturated rings. The second kappa shape index (κ2) is 5.83. The highest BCUT2D eigenvalue weighted by molar-refractivity contribution is 6.31. The average Bonchev–Trinajstić information content (AvgIpc) is 2.40. The zero-order valence-corrected chi connectivity index (χ0v) is 12.5. The smallest absolute Gasteiger partial charge is 0.245 e.